The zero-order chi connectivity index (χ0) is 31.0. The molecule has 1 heterocycles. The fourth-order valence-corrected chi connectivity index (χ4v) is 3.71. The van der Waals surface area contributed by atoms with Crippen LogP contribution in [0.4, 0.5) is 0 Å². The third-order valence-corrected chi connectivity index (χ3v) is 6.83. The third-order valence-electron chi connectivity index (χ3n) is 6.32. The quantitative estimate of drug-likeness (QED) is 0.0623. The van der Waals surface area contributed by atoms with Crippen molar-refractivity contribution in [3.05, 3.63) is 11.5 Å². The number of hydrogen-bond acceptors (Lipinski definition) is 8. The van der Waals surface area contributed by atoms with Crippen LogP contribution in [0.5, 0.6) is 0 Å². The topological polar surface area (TPSA) is 222 Å². The predicted octanol–water partition coefficient (Wildman–Crippen LogP) is 4.14. The summed E-state index contributed by atoms with van der Waals surface area (Å²) in [6.07, 6.45) is 7.33. The second kappa shape index (κ2) is 28.4. The molecule has 1 saturated heterocycles. The molecule has 0 amide bonds. The van der Waals surface area contributed by atoms with E-state index in [9.17, 15) is 24.9 Å². The van der Waals surface area contributed by atoms with Crippen LogP contribution in [0.1, 0.15) is 97.3 Å². The average molecular weight is 796 g/mol. The van der Waals surface area contributed by atoms with Crippen molar-refractivity contribution < 1.29 is 70.8 Å². The Labute approximate surface area is 264 Å². The fourth-order valence-electron chi connectivity index (χ4n) is 3.64. The van der Waals surface area contributed by atoms with E-state index in [0.29, 0.717) is 13.1 Å². The summed E-state index contributed by atoms with van der Waals surface area (Å²) in [6.45, 7) is 4.51. The van der Waals surface area contributed by atoms with E-state index in [1.165, 1.54) is 64.2 Å². The number of aliphatic hydroxyl groups excluding tert-OH is 4. The Kier molecular flexibility index (Phi) is 31.2. The number of carboxylic acids is 2. The molecule has 0 aliphatic carbocycles. The molecule has 1 aliphatic rings. The number of aliphatic carboxylic acids is 2. The van der Waals surface area contributed by atoms with Crippen LogP contribution in [0.25, 0.3) is 11.5 Å². The maximum Gasteiger partial charge on any atom is 2.00 e. The maximum absolute atomic E-state index is 10.8. The fraction of sp³-hybridized carbons (Fsp3) is 0.926. The van der Waals surface area contributed by atoms with Gasteiger partial charge in [0.25, 0.3) is 0 Å². The molecule has 248 valence electrons. The van der Waals surface area contributed by atoms with Crippen molar-refractivity contribution in [3.63, 3.8) is 0 Å². The smallest absolute Gasteiger partial charge is 0.677 e. The molecular weight excluding hydrogens is 743 g/mol. The zero-order valence-electron chi connectivity index (χ0n) is 24.4. The van der Waals surface area contributed by atoms with Crippen LogP contribution >= 0.6 is 11.6 Å². The van der Waals surface area contributed by atoms with E-state index in [-0.39, 0.29) is 21.1 Å². The second-order valence-corrected chi connectivity index (χ2v) is 10.4. The predicted molar refractivity (Wildman–Crippen MR) is 153 cm³/mol. The van der Waals surface area contributed by atoms with Crippen LogP contribution in [0.2, 0.25) is 0 Å². The molecule has 0 aromatic carbocycles. The van der Waals surface area contributed by atoms with Gasteiger partial charge in [0.05, 0.1) is 13.2 Å². The molecule has 1 rings (SSSR count). The molecule has 0 spiro atoms. The van der Waals surface area contributed by atoms with Gasteiger partial charge >= 0.3 is 33.0 Å². The molecule has 0 aromatic rings. The van der Waals surface area contributed by atoms with Crippen molar-refractivity contribution >= 4 is 23.5 Å². The number of alkyl halides is 1. The van der Waals surface area contributed by atoms with Crippen molar-refractivity contribution in [1.82, 2.24) is 0 Å². The zero-order valence-corrected chi connectivity index (χ0v) is 27.4. The first-order valence-corrected chi connectivity index (χ1v) is 14.7. The molecule has 0 saturated carbocycles. The van der Waals surface area contributed by atoms with E-state index < -0.39 is 67.2 Å². The van der Waals surface area contributed by atoms with Crippen molar-refractivity contribution in [2.24, 2.45) is 0 Å². The van der Waals surface area contributed by atoms with Gasteiger partial charge in [-0.1, -0.05) is 102 Å². The van der Waals surface area contributed by atoms with Gasteiger partial charge in [-0.3, -0.25) is 0 Å². The molecule has 12 nitrogen and oxygen atoms in total. The maximum atomic E-state index is 10.8. The molecule has 0 bridgehead atoms. The van der Waals surface area contributed by atoms with Gasteiger partial charge in [0.15, 0.2) is 6.29 Å². The average Bonchev–Trinajstić information content (AvgIpc) is 2.93. The molecule has 5 atom stereocenters. The SMILES string of the molecule is CCCCCCCC[NH-].CCCCCCCC[NH-].O=C(O)C(Cl)(CCOC1O[C@H](CO)[C@@H](O)[C@H](O)[C@H]1O)C(=O)O.[Pt+2]. The number of ether oxygens (including phenoxy) is 2. The van der Waals surface area contributed by atoms with Gasteiger partial charge in [-0.25, -0.2) is 9.59 Å². The summed E-state index contributed by atoms with van der Waals surface area (Å²) in [5.41, 5.74) is 13.8. The van der Waals surface area contributed by atoms with Crippen molar-refractivity contribution in [2.45, 2.75) is 133 Å². The Morgan fingerprint density at radius 2 is 1.20 bits per heavy atom. The Hall–Kier alpha value is -0.402. The molecule has 8 N–H and O–H groups in total. The summed E-state index contributed by atoms with van der Waals surface area (Å²) in [4.78, 5) is 19.1. The minimum absolute atomic E-state index is 0. The summed E-state index contributed by atoms with van der Waals surface area (Å²) in [7, 11) is 0. The van der Waals surface area contributed by atoms with Crippen molar-refractivity contribution in [1.29, 1.82) is 0 Å². The first-order valence-electron chi connectivity index (χ1n) is 14.3. The third kappa shape index (κ3) is 20.2. The molecule has 1 aliphatic heterocycles. The number of nitrogens with one attached hydrogen (secondary N) is 2. The standard InChI is InChI=1S/C11H17ClO10.2C8H18N.Pt/c12-11(9(17)18,10(19)20)1-2-21-8-7(16)6(15)5(14)4(3-13)22-8;2*1-2-3-4-5-6-7-8-9;/h4-8,13-16H,1-3H2,(H,17,18)(H,19,20);2*9H,2-8H2,1H3;/q;2*-1;+2/t4-,5-,6+,7-,8?;;;/m1.../s1. The van der Waals surface area contributed by atoms with Gasteiger partial charge in [-0.2, -0.15) is 13.1 Å². The van der Waals surface area contributed by atoms with Crippen LogP contribution in [-0.2, 0) is 40.1 Å². The summed E-state index contributed by atoms with van der Waals surface area (Å²) in [5.74, 6) is -3.56. The van der Waals surface area contributed by atoms with Gasteiger partial charge in [0.2, 0.25) is 4.87 Å². The minimum atomic E-state index is -2.60. The Balaban J connectivity index is -0.000000630. The van der Waals surface area contributed by atoms with Crippen LogP contribution in [0.15, 0.2) is 0 Å². The minimum Gasteiger partial charge on any atom is -0.677 e. The van der Waals surface area contributed by atoms with Crippen LogP contribution in [0, 0.1) is 0 Å². The van der Waals surface area contributed by atoms with E-state index >= 15 is 0 Å². The first kappa shape index (κ1) is 45.0. The Bertz CT molecular complexity index is 597. The Morgan fingerprint density at radius 1 is 0.780 bits per heavy atom. The van der Waals surface area contributed by atoms with Gasteiger partial charge in [-0.05, 0) is 0 Å². The first-order chi connectivity index (χ1) is 19.0. The molecule has 1 fully saturated rings. The molecule has 14 heteroatoms. The van der Waals surface area contributed by atoms with E-state index in [1.54, 1.807) is 0 Å². The van der Waals surface area contributed by atoms with Crippen LogP contribution < -0.4 is 0 Å². The van der Waals surface area contributed by atoms with Gasteiger partial charge < -0.3 is 51.6 Å². The van der Waals surface area contributed by atoms with Gasteiger partial charge in [0, 0.05) is 6.42 Å². The summed E-state index contributed by atoms with van der Waals surface area (Å²) in [6, 6.07) is 0. The van der Waals surface area contributed by atoms with E-state index in [0.717, 1.165) is 12.8 Å². The van der Waals surface area contributed by atoms with Crippen LogP contribution in [-0.4, -0.2) is 104 Å². The number of rotatable bonds is 19. The normalized spacial score (nSPS) is 21.9. The second-order valence-electron chi connectivity index (χ2n) is 9.77. The number of carboxylic acid groups (broad SMARTS) is 2. The molecule has 0 radical (unpaired) electrons. The summed E-state index contributed by atoms with van der Waals surface area (Å²) < 4.78 is 9.97. The summed E-state index contributed by atoms with van der Waals surface area (Å²) >= 11 is 5.46. The molecule has 0 aromatic heterocycles. The number of halogens is 1. The molecule has 1 unspecified atom stereocenters. The van der Waals surface area contributed by atoms with Crippen molar-refractivity contribution in [2.75, 3.05) is 26.3 Å². The largest absolute Gasteiger partial charge is 2.00 e. The van der Waals surface area contributed by atoms with Gasteiger partial charge in [-0.15, -0.1) is 0 Å². The number of carbonyl (C=O) groups is 2. The van der Waals surface area contributed by atoms with E-state index in [2.05, 4.69) is 13.8 Å². The molecule has 41 heavy (non-hydrogen) atoms. The molecular formula is C27H53ClN2O10Pt. The van der Waals surface area contributed by atoms with Crippen LogP contribution in [0.3, 0.4) is 0 Å². The number of aliphatic hydroxyl groups is 4. The summed E-state index contributed by atoms with van der Waals surface area (Å²) in [5, 5.41) is 55.3. The number of unbranched alkanes of at least 4 members (excludes halogenated alkanes) is 10. The van der Waals surface area contributed by atoms with E-state index in [1.807, 2.05) is 0 Å². The Morgan fingerprint density at radius 3 is 1.56 bits per heavy atom. The van der Waals surface area contributed by atoms with Gasteiger partial charge in [0.1, 0.15) is 24.4 Å². The van der Waals surface area contributed by atoms with E-state index in [4.69, 9.17) is 47.9 Å². The monoisotopic (exact) mass is 795 g/mol. The van der Waals surface area contributed by atoms with Crippen molar-refractivity contribution in [3.8, 4) is 0 Å². The number of hydrogen-bond donors (Lipinski definition) is 6.